The molecule has 36 heavy (non-hydrogen) atoms. The molecule has 5 rings (SSSR count). The van der Waals surface area contributed by atoms with Crippen LogP contribution in [0.15, 0.2) is 48.5 Å². The van der Waals surface area contributed by atoms with Crippen molar-refractivity contribution in [1.29, 1.82) is 0 Å². The maximum atomic E-state index is 12.8. The summed E-state index contributed by atoms with van der Waals surface area (Å²) in [7, 11) is 0. The maximum absolute atomic E-state index is 12.8. The zero-order valence-corrected chi connectivity index (χ0v) is 19.8. The first kappa shape index (κ1) is 23.4. The van der Waals surface area contributed by atoms with Crippen LogP contribution in [0.4, 0.5) is 11.5 Å². The molecule has 0 unspecified atom stereocenters. The zero-order valence-electron chi connectivity index (χ0n) is 19.8. The lowest BCUT2D eigenvalue weighted by Gasteiger charge is -2.35. The number of carbonyl (C=O) groups excluding carboxylic acids is 3. The van der Waals surface area contributed by atoms with Gasteiger partial charge >= 0.3 is 0 Å². The summed E-state index contributed by atoms with van der Waals surface area (Å²) in [6.45, 7) is 4.56. The van der Waals surface area contributed by atoms with E-state index in [1.807, 2.05) is 18.2 Å². The number of para-hydroxylation sites is 1. The molecule has 1 saturated heterocycles. The summed E-state index contributed by atoms with van der Waals surface area (Å²) in [6, 6.07) is 14.1. The Morgan fingerprint density at radius 2 is 1.78 bits per heavy atom. The van der Waals surface area contributed by atoms with Crippen molar-refractivity contribution in [3.63, 3.8) is 0 Å². The number of imide groups is 1. The molecule has 0 radical (unpaired) electrons. The molecule has 2 aliphatic rings. The smallest absolute Gasteiger partial charge is 0.282 e. The van der Waals surface area contributed by atoms with Gasteiger partial charge in [0.25, 0.3) is 17.5 Å². The molecule has 2 aromatic carbocycles. The van der Waals surface area contributed by atoms with Gasteiger partial charge in [-0.1, -0.05) is 24.3 Å². The fraction of sp³-hybridized carbons (Fsp3) is 0.308. The van der Waals surface area contributed by atoms with E-state index < -0.39 is 16.7 Å². The molecule has 10 nitrogen and oxygen atoms in total. The van der Waals surface area contributed by atoms with Crippen LogP contribution >= 0.6 is 0 Å². The number of hydrogen-bond donors (Lipinski definition) is 0. The number of hydrogen-bond acceptors (Lipinski definition) is 7. The van der Waals surface area contributed by atoms with Crippen molar-refractivity contribution in [2.24, 2.45) is 0 Å². The molecule has 2 aliphatic heterocycles. The summed E-state index contributed by atoms with van der Waals surface area (Å²) in [5.41, 5.74) is 1.59. The molecule has 0 aliphatic carbocycles. The third-order valence-corrected chi connectivity index (χ3v) is 6.81. The van der Waals surface area contributed by atoms with Crippen molar-refractivity contribution in [2.45, 2.75) is 19.8 Å². The average molecular weight is 488 g/mol. The summed E-state index contributed by atoms with van der Waals surface area (Å²) in [4.78, 5) is 58.4. The number of anilines is 1. The minimum absolute atomic E-state index is 0.0363. The van der Waals surface area contributed by atoms with E-state index in [1.165, 1.54) is 18.2 Å². The topological polar surface area (TPSA) is 117 Å². The van der Waals surface area contributed by atoms with Gasteiger partial charge in [-0.2, -0.15) is 0 Å². The molecule has 1 aromatic heterocycles. The van der Waals surface area contributed by atoms with Crippen molar-refractivity contribution in [1.82, 2.24) is 14.8 Å². The Morgan fingerprint density at radius 1 is 1.03 bits per heavy atom. The number of nitro groups is 1. The van der Waals surface area contributed by atoms with Gasteiger partial charge in [0.2, 0.25) is 5.91 Å². The maximum Gasteiger partial charge on any atom is 0.282 e. The van der Waals surface area contributed by atoms with Crippen LogP contribution in [0.3, 0.4) is 0 Å². The number of benzene rings is 2. The third kappa shape index (κ3) is 4.15. The van der Waals surface area contributed by atoms with Gasteiger partial charge in [-0.25, -0.2) is 4.98 Å². The lowest BCUT2D eigenvalue weighted by Crippen LogP contribution is -2.49. The number of rotatable bonds is 6. The summed E-state index contributed by atoms with van der Waals surface area (Å²) in [6.07, 6.45) is 0.479. The predicted octanol–water partition coefficient (Wildman–Crippen LogP) is 3.18. The first-order valence-corrected chi connectivity index (χ1v) is 11.9. The van der Waals surface area contributed by atoms with Gasteiger partial charge in [0.15, 0.2) is 0 Å². The van der Waals surface area contributed by atoms with E-state index in [4.69, 9.17) is 4.98 Å². The van der Waals surface area contributed by atoms with Crippen LogP contribution in [0.25, 0.3) is 10.9 Å². The average Bonchev–Trinajstić information content (AvgIpc) is 3.13. The van der Waals surface area contributed by atoms with Gasteiger partial charge in [-0.15, -0.1) is 0 Å². The normalized spacial score (nSPS) is 15.5. The summed E-state index contributed by atoms with van der Waals surface area (Å²) in [5, 5.41) is 12.4. The second kappa shape index (κ2) is 9.37. The van der Waals surface area contributed by atoms with E-state index in [0.717, 1.165) is 27.2 Å². The number of fused-ring (bicyclic) bond motifs is 2. The van der Waals surface area contributed by atoms with Gasteiger partial charge in [0, 0.05) is 50.6 Å². The van der Waals surface area contributed by atoms with Crippen molar-refractivity contribution >= 4 is 40.1 Å². The van der Waals surface area contributed by atoms with E-state index in [1.54, 1.807) is 4.90 Å². The standard InChI is InChI=1S/C26H25N5O5/c1-17-16-22(27-20-8-3-2-6-18(17)20)28-12-14-29(15-13-28)23(32)10-5-11-30-25(33)19-7-4-9-21(31(35)36)24(19)26(30)34/h2-4,6-9,16H,5,10-15H2,1H3. The first-order chi connectivity index (χ1) is 17.3. The number of piperazine rings is 1. The molecular formula is C26H25N5O5. The fourth-order valence-corrected chi connectivity index (χ4v) is 4.90. The molecule has 1 fully saturated rings. The summed E-state index contributed by atoms with van der Waals surface area (Å²) in [5.74, 6) is -0.377. The Kier molecular flexibility index (Phi) is 6.09. The van der Waals surface area contributed by atoms with Crippen LogP contribution in [0.5, 0.6) is 0 Å². The lowest BCUT2D eigenvalue weighted by molar-refractivity contribution is -0.385. The van der Waals surface area contributed by atoms with E-state index in [0.29, 0.717) is 32.6 Å². The Bertz CT molecular complexity index is 1400. The molecule has 3 heterocycles. The van der Waals surface area contributed by atoms with Crippen molar-refractivity contribution in [3.8, 4) is 0 Å². The van der Waals surface area contributed by atoms with Crippen LogP contribution in [0.2, 0.25) is 0 Å². The highest BCUT2D eigenvalue weighted by molar-refractivity contribution is 6.23. The molecule has 10 heteroatoms. The van der Waals surface area contributed by atoms with Gasteiger partial charge in [0.1, 0.15) is 11.4 Å². The van der Waals surface area contributed by atoms with Crippen molar-refractivity contribution in [2.75, 3.05) is 37.6 Å². The SMILES string of the molecule is Cc1cc(N2CCN(C(=O)CCCN3C(=O)c4cccc([N+](=O)[O-])c4C3=O)CC2)nc2ccccc12. The number of nitrogens with zero attached hydrogens (tertiary/aromatic N) is 5. The van der Waals surface area contributed by atoms with Gasteiger partial charge in [0.05, 0.1) is 16.0 Å². The minimum atomic E-state index is -0.679. The van der Waals surface area contributed by atoms with E-state index in [2.05, 4.69) is 24.0 Å². The van der Waals surface area contributed by atoms with Crippen molar-refractivity contribution in [3.05, 3.63) is 75.3 Å². The first-order valence-electron chi connectivity index (χ1n) is 11.9. The quantitative estimate of drug-likeness (QED) is 0.298. The van der Waals surface area contributed by atoms with E-state index >= 15 is 0 Å². The number of carbonyl (C=O) groups is 3. The van der Waals surface area contributed by atoms with Crippen LogP contribution < -0.4 is 4.90 Å². The molecule has 0 spiro atoms. The zero-order chi connectivity index (χ0) is 25.4. The van der Waals surface area contributed by atoms with Crippen LogP contribution in [0.1, 0.15) is 39.1 Å². The second-order valence-electron chi connectivity index (χ2n) is 9.00. The third-order valence-electron chi connectivity index (χ3n) is 6.81. The predicted molar refractivity (Wildman–Crippen MR) is 133 cm³/mol. The highest BCUT2D eigenvalue weighted by atomic mass is 16.6. The Labute approximate surface area is 207 Å². The summed E-state index contributed by atoms with van der Waals surface area (Å²) < 4.78 is 0. The number of aryl methyl sites for hydroxylation is 1. The molecule has 0 atom stereocenters. The van der Waals surface area contributed by atoms with Crippen molar-refractivity contribution < 1.29 is 19.3 Å². The van der Waals surface area contributed by atoms with Crippen LogP contribution in [0, 0.1) is 17.0 Å². The number of nitro benzene ring substituents is 1. The fourth-order valence-electron chi connectivity index (χ4n) is 4.90. The molecule has 3 amide bonds. The van der Waals surface area contributed by atoms with Gasteiger partial charge in [-0.05, 0) is 37.1 Å². The molecule has 0 N–H and O–H groups in total. The second-order valence-corrected chi connectivity index (χ2v) is 9.00. The van der Waals surface area contributed by atoms with E-state index in [-0.39, 0.29) is 35.7 Å². The Hall–Kier alpha value is -4.34. The molecule has 0 saturated carbocycles. The Morgan fingerprint density at radius 3 is 2.53 bits per heavy atom. The molecule has 3 aromatic rings. The van der Waals surface area contributed by atoms with Crippen LogP contribution in [-0.2, 0) is 4.79 Å². The largest absolute Gasteiger partial charge is 0.353 e. The monoisotopic (exact) mass is 487 g/mol. The van der Waals surface area contributed by atoms with Crippen LogP contribution in [-0.4, -0.2) is 70.2 Å². The number of aromatic nitrogens is 1. The lowest BCUT2D eigenvalue weighted by atomic mass is 10.1. The molecule has 184 valence electrons. The number of pyridine rings is 1. The number of amides is 3. The molecular weight excluding hydrogens is 462 g/mol. The highest BCUT2D eigenvalue weighted by Gasteiger charge is 2.40. The van der Waals surface area contributed by atoms with E-state index in [9.17, 15) is 24.5 Å². The van der Waals surface area contributed by atoms with Gasteiger partial charge < -0.3 is 9.80 Å². The molecule has 0 bridgehead atoms. The highest BCUT2D eigenvalue weighted by Crippen LogP contribution is 2.31. The Balaban J connectivity index is 1.15. The minimum Gasteiger partial charge on any atom is -0.353 e. The van der Waals surface area contributed by atoms with Gasteiger partial charge in [-0.3, -0.25) is 29.4 Å². The summed E-state index contributed by atoms with van der Waals surface area (Å²) >= 11 is 0.